The van der Waals surface area contributed by atoms with Crippen LogP contribution in [0.1, 0.15) is 34.2 Å². The Bertz CT molecular complexity index is 964. The first-order valence-electron chi connectivity index (χ1n) is 8.92. The van der Waals surface area contributed by atoms with Crippen LogP contribution in [0.2, 0.25) is 0 Å². The number of carbonyl (C=O) groups is 1. The molecular weight excluding hydrogens is 360 g/mol. The van der Waals surface area contributed by atoms with Crippen molar-refractivity contribution in [3.63, 3.8) is 0 Å². The van der Waals surface area contributed by atoms with E-state index >= 15 is 0 Å². The van der Waals surface area contributed by atoms with Gasteiger partial charge in [0.1, 0.15) is 0 Å². The van der Waals surface area contributed by atoms with E-state index in [-0.39, 0.29) is 10.8 Å². The van der Waals surface area contributed by atoms with E-state index in [1.165, 1.54) is 35.6 Å². The molecule has 0 atom stereocenters. The molecule has 0 radical (unpaired) electrons. The first-order chi connectivity index (χ1) is 12.5. The predicted molar refractivity (Wildman–Crippen MR) is 110 cm³/mol. The van der Waals surface area contributed by atoms with Gasteiger partial charge in [-0.1, -0.05) is 23.8 Å². The van der Waals surface area contributed by atoms with Crippen molar-refractivity contribution in [2.75, 3.05) is 19.4 Å². The molecule has 1 amide bonds. The van der Waals surface area contributed by atoms with E-state index in [9.17, 15) is 13.2 Å². The summed E-state index contributed by atoms with van der Waals surface area (Å²) in [4.78, 5) is 12.6. The van der Waals surface area contributed by atoms with Gasteiger partial charge >= 0.3 is 0 Å². The lowest BCUT2D eigenvalue weighted by Gasteiger charge is -2.16. The summed E-state index contributed by atoms with van der Waals surface area (Å²) in [5, 5.41) is 2.88. The van der Waals surface area contributed by atoms with Crippen LogP contribution in [0.3, 0.4) is 0 Å². The molecule has 0 heterocycles. The van der Waals surface area contributed by atoms with Gasteiger partial charge in [0.25, 0.3) is 0 Å². The molecule has 2 aromatic carbocycles. The van der Waals surface area contributed by atoms with Crippen molar-refractivity contribution in [1.29, 1.82) is 0 Å². The highest BCUT2D eigenvalue weighted by molar-refractivity contribution is 7.89. The molecule has 0 saturated heterocycles. The van der Waals surface area contributed by atoms with Crippen LogP contribution in [0, 0.1) is 27.7 Å². The Morgan fingerprint density at radius 2 is 1.67 bits per heavy atom. The maximum atomic E-state index is 12.5. The smallest absolute Gasteiger partial charge is 0.242 e. The Morgan fingerprint density at radius 3 is 2.26 bits per heavy atom. The number of benzene rings is 2. The minimum Gasteiger partial charge on any atom is -0.326 e. The molecule has 0 bridgehead atoms. The van der Waals surface area contributed by atoms with Crippen LogP contribution >= 0.6 is 0 Å². The van der Waals surface area contributed by atoms with Crippen LogP contribution in [-0.2, 0) is 21.2 Å². The van der Waals surface area contributed by atoms with Crippen LogP contribution in [0.5, 0.6) is 0 Å². The van der Waals surface area contributed by atoms with E-state index in [0.717, 1.165) is 16.7 Å². The van der Waals surface area contributed by atoms with E-state index in [1.54, 1.807) is 6.07 Å². The molecule has 6 heteroatoms. The zero-order valence-electron chi connectivity index (χ0n) is 16.9. The predicted octanol–water partition coefficient (Wildman–Crippen LogP) is 3.74. The maximum Gasteiger partial charge on any atom is 0.242 e. The van der Waals surface area contributed by atoms with Gasteiger partial charge in [-0.3, -0.25) is 4.79 Å². The van der Waals surface area contributed by atoms with Crippen molar-refractivity contribution in [1.82, 2.24) is 4.31 Å². The van der Waals surface area contributed by atoms with Crippen LogP contribution in [0.25, 0.3) is 0 Å². The Morgan fingerprint density at radius 1 is 1.00 bits per heavy atom. The molecule has 0 spiro atoms. The second kappa shape index (κ2) is 8.23. The lowest BCUT2D eigenvalue weighted by Crippen LogP contribution is -2.23. The average molecular weight is 389 g/mol. The van der Waals surface area contributed by atoms with Gasteiger partial charge < -0.3 is 5.32 Å². The monoisotopic (exact) mass is 388 g/mol. The van der Waals surface area contributed by atoms with Crippen molar-refractivity contribution in [3.05, 3.63) is 58.1 Å². The minimum atomic E-state index is -3.56. The summed E-state index contributed by atoms with van der Waals surface area (Å²) in [5.74, 6) is -0.128. The topological polar surface area (TPSA) is 66.5 Å². The molecule has 0 aliphatic heterocycles. The molecule has 0 aliphatic rings. The number of hydrogen-bond donors (Lipinski definition) is 1. The Hall–Kier alpha value is -2.18. The Labute approximate surface area is 162 Å². The first kappa shape index (κ1) is 21.1. The number of anilines is 1. The largest absolute Gasteiger partial charge is 0.326 e. The number of nitrogens with zero attached hydrogens (tertiary/aromatic N) is 1. The van der Waals surface area contributed by atoms with Gasteiger partial charge in [0, 0.05) is 26.2 Å². The minimum absolute atomic E-state index is 0.128. The number of carbonyl (C=O) groups excluding carboxylic acids is 1. The lowest BCUT2D eigenvalue weighted by atomic mass is 10.0. The van der Waals surface area contributed by atoms with E-state index in [1.807, 2.05) is 33.8 Å². The summed E-state index contributed by atoms with van der Waals surface area (Å²) in [6, 6.07) is 9.37. The van der Waals surface area contributed by atoms with Crippen molar-refractivity contribution in [2.45, 2.75) is 45.4 Å². The van der Waals surface area contributed by atoms with E-state index < -0.39 is 10.0 Å². The van der Waals surface area contributed by atoms with Gasteiger partial charge in [-0.25, -0.2) is 12.7 Å². The molecule has 1 N–H and O–H groups in total. The van der Waals surface area contributed by atoms with Gasteiger partial charge in [0.2, 0.25) is 15.9 Å². The fourth-order valence-electron chi connectivity index (χ4n) is 2.90. The van der Waals surface area contributed by atoms with Gasteiger partial charge in [0.05, 0.1) is 4.90 Å². The summed E-state index contributed by atoms with van der Waals surface area (Å²) in [7, 11) is -0.572. The summed E-state index contributed by atoms with van der Waals surface area (Å²) < 4.78 is 26.0. The highest BCUT2D eigenvalue weighted by Gasteiger charge is 2.20. The highest BCUT2D eigenvalue weighted by atomic mass is 32.2. The first-order valence-corrected chi connectivity index (χ1v) is 10.4. The number of rotatable bonds is 6. The second-order valence-corrected chi connectivity index (χ2v) is 9.33. The molecule has 0 saturated carbocycles. The zero-order valence-corrected chi connectivity index (χ0v) is 17.7. The summed E-state index contributed by atoms with van der Waals surface area (Å²) in [5.41, 5.74) is 5.75. The van der Waals surface area contributed by atoms with Gasteiger partial charge in [-0.05, 0) is 68.5 Å². The number of amides is 1. The SMILES string of the molecule is Cc1ccc(CCC(=O)Nc2cc(S(=O)(=O)N(C)C)cc(C)c2C)c(C)c1. The second-order valence-electron chi connectivity index (χ2n) is 7.18. The highest BCUT2D eigenvalue weighted by Crippen LogP contribution is 2.26. The fraction of sp³-hybridized carbons (Fsp3) is 0.381. The maximum absolute atomic E-state index is 12.5. The zero-order chi connectivity index (χ0) is 20.4. The number of sulfonamides is 1. The number of aryl methyl sites for hydroxylation is 4. The van der Waals surface area contributed by atoms with Crippen molar-refractivity contribution < 1.29 is 13.2 Å². The third-order valence-electron chi connectivity index (χ3n) is 4.81. The molecule has 0 fully saturated rings. The molecule has 0 aliphatic carbocycles. The van der Waals surface area contributed by atoms with Gasteiger partial charge in [0.15, 0.2) is 0 Å². The van der Waals surface area contributed by atoms with E-state index in [2.05, 4.69) is 17.4 Å². The van der Waals surface area contributed by atoms with E-state index in [4.69, 9.17) is 0 Å². The molecular formula is C21H28N2O3S. The fourth-order valence-corrected chi connectivity index (χ4v) is 3.92. The van der Waals surface area contributed by atoms with Crippen molar-refractivity contribution in [3.8, 4) is 0 Å². The molecule has 0 aromatic heterocycles. The molecule has 0 unspecified atom stereocenters. The third kappa shape index (κ3) is 4.96. The van der Waals surface area contributed by atoms with Crippen LogP contribution in [0.4, 0.5) is 5.69 Å². The van der Waals surface area contributed by atoms with Crippen molar-refractivity contribution >= 4 is 21.6 Å². The third-order valence-corrected chi connectivity index (χ3v) is 6.61. The molecule has 2 aromatic rings. The molecule has 27 heavy (non-hydrogen) atoms. The quantitative estimate of drug-likeness (QED) is 0.820. The van der Waals surface area contributed by atoms with Gasteiger partial charge in [-0.15, -0.1) is 0 Å². The molecule has 146 valence electrons. The summed E-state index contributed by atoms with van der Waals surface area (Å²) in [6.45, 7) is 7.81. The Kier molecular flexibility index (Phi) is 6.44. The standard InChI is InChI=1S/C21H28N2O3S/c1-14-7-8-18(16(3)11-14)9-10-21(24)22-20-13-19(12-15(2)17(20)4)27(25,26)23(5)6/h7-8,11-13H,9-10H2,1-6H3,(H,22,24). The average Bonchev–Trinajstić information content (AvgIpc) is 2.57. The van der Waals surface area contributed by atoms with E-state index in [0.29, 0.717) is 18.5 Å². The van der Waals surface area contributed by atoms with Crippen LogP contribution in [-0.4, -0.2) is 32.7 Å². The molecule has 5 nitrogen and oxygen atoms in total. The van der Waals surface area contributed by atoms with Crippen molar-refractivity contribution in [2.24, 2.45) is 0 Å². The van der Waals surface area contributed by atoms with Crippen LogP contribution < -0.4 is 5.32 Å². The van der Waals surface area contributed by atoms with Crippen LogP contribution in [0.15, 0.2) is 35.2 Å². The lowest BCUT2D eigenvalue weighted by molar-refractivity contribution is -0.116. The molecule has 2 rings (SSSR count). The number of nitrogens with one attached hydrogen (secondary N) is 1. The number of hydrogen-bond acceptors (Lipinski definition) is 3. The Balaban J connectivity index is 2.18. The van der Waals surface area contributed by atoms with Gasteiger partial charge in [-0.2, -0.15) is 0 Å². The summed E-state index contributed by atoms with van der Waals surface area (Å²) >= 11 is 0. The normalized spacial score (nSPS) is 11.7. The summed E-state index contributed by atoms with van der Waals surface area (Å²) in [6.07, 6.45) is 0.985.